The number of hydrogen-bond donors (Lipinski definition) is 2. The highest BCUT2D eigenvalue weighted by Gasteiger charge is 1.99. The van der Waals surface area contributed by atoms with Gasteiger partial charge in [0.25, 0.3) is 0 Å². The summed E-state index contributed by atoms with van der Waals surface area (Å²) in [4.78, 5) is 0. The summed E-state index contributed by atoms with van der Waals surface area (Å²) < 4.78 is 5.11. The highest BCUT2D eigenvalue weighted by Crippen LogP contribution is 2.11. The molecular weight excluding hydrogens is 258 g/mol. The maximum Gasteiger partial charge on any atom is 0.187 e. The zero-order valence-electron chi connectivity index (χ0n) is 11.5. The van der Waals surface area contributed by atoms with Crippen LogP contribution in [0.4, 0.5) is 0 Å². The maximum atomic E-state index is 5.11. The summed E-state index contributed by atoms with van der Waals surface area (Å²) in [5, 5.41) is 7.70. The minimum Gasteiger partial charge on any atom is -0.497 e. The fraction of sp³-hybridized carbons (Fsp3) is 0.286. The molecule has 102 valence electrons. The minimum absolute atomic E-state index is 0.482. The van der Waals surface area contributed by atoms with Crippen LogP contribution in [0.1, 0.15) is 19.4 Å². The molecule has 0 amide bonds. The van der Waals surface area contributed by atoms with Crippen LogP contribution < -0.4 is 15.5 Å². The second kappa shape index (κ2) is 7.53. The van der Waals surface area contributed by atoms with Gasteiger partial charge < -0.3 is 10.1 Å². The molecule has 0 bridgehead atoms. The molecule has 2 N–H and O–H groups in total. The van der Waals surface area contributed by atoms with Crippen molar-refractivity contribution in [3.8, 4) is 5.75 Å². The number of methoxy groups -OCH3 is 1. The summed E-state index contributed by atoms with van der Waals surface area (Å²) in [6.45, 7) is 8.28. The fourth-order valence-corrected chi connectivity index (χ4v) is 1.42. The van der Waals surface area contributed by atoms with Gasteiger partial charge in [0.2, 0.25) is 0 Å². The number of nitrogens with one attached hydrogen (secondary N) is 2. The molecule has 0 atom stereocenters. The fourth-order valence-electron chi connectivity index (χ4n) is 1.30. The van der Waals surface area contributed by atoms with E-state index < -0.39 is 0 Å². The van der Waals surface area contributed by atoms with E-state index in [0.717, 1.165) is 22.6 Å². The zero-order chi connectivity index (χ0) is 14.3. The van der Waals surface area contributed by atoms with E-state index in [1.54, 1.807) is 7.11 Å². The smallest absolute Gasteiger partial charge is 0.187 e. The Morgan fingerprint density at radius 3 is 2.47 bits per heavy atom. The molecule has 19 heavy (non-hydrogen) atoms. The SMILES string of the molecule is C=C(C)CNC(=S)N/N=C(/C)c1ccc(OC)cc1. The van der Waals surface area contributed by atoms with Crippen LogP contribution in [0.25, 0.3) is 0 Å². The Labute approximate surface area is 119 Å². The molecule has 0 saturated heterocycles. The van der Waals surface area contributed by atoms with Gasteiger partial charge in [-0.05, 0) is 55.9 Å². The molecule has 0 aliphatic carbocycles. The van der Waals surface area contributed by atoms with Crippen molar-refractivity contribution in [3.63, 3.8) is 0 Å². The highest BCUT2D eigenvalue weighted by molar-refractivity contribution is 7.80. The van der Waals surface area contributed by atoms with Gasteiger partial charge in [-0.3, -0.25) is 5.43 Å². The number of rotatable bonds is 5. The van der Waals surface area contributed by atoms with Crippen LogP contribution in [0.5, 0.6) is 5.75 Å². The lowest BCUT2D eigenvalue weighted by Crippen LogP contribution is -2.33. The third-order valence-electron chi connectivity index (χ3n) is 2.38. The van der Waals surface area contributed by atoms with E-state index in [0.29, 0.717) is 11.7 Å². The monoisotopic (exact) mass is 277 g/mol. The molecule has 0 saturated carbocycles. The summed E-state index contributed by atoms with van der Waals surface area (Å²) in [7, 11) is 1.64. The van der Waals surface area contributed by atoms with E-state index >= 15 is 0 Å². The van der Waals surface area contributed by atoms with E-state index in [1.807, 2.05) is 38.1 Å². The number of hydrogen-bond acceptors (Lipinski definition) is 3. The quantitative estimate of drug-likeness (QED) is 0.376. The first kappa shape index (κ1) is 15.2. The second-order valence-corrected chi connectivity index (χ2v) is 4.59. The van der Waals surface area contributed by atoms with E-state index in [9.17, 15) is 0 Å². The van der Waals surface area contributed by atoms with Gasteiger partial charge in [-0.15, -0.1) is 0 Å². The average Bonchev–Trinajstić information content (AvgIpc) is 2.42. The van der Waals surface area contributed by atoms with Gasteiger partial charge in [0.15, 0.2) is 5.11 Å². The van der Waals surface area contributed by atoms with Gasteiger partial charge in [0, 0.05) is 6.54 Å². The summed E-state index contributed by atoms with van der Waals surface area (Å²) in [6, 6.07) is 7.69. The molecule has 0 aliphatic heterocycles. The second-order valence-electron chi connectivity index (χ2n) is 4.18. The van der Waals surface area contributed by atoms with Gasteiger partial charge in [0.05, 0.1) is 12.8 Å². The van der Waals surface area contributed by atoms with E-state index in [4.69, 9.17) is 17.0 Å². The Balaban J connectivity index is 2.55. The lowest BCUT2D eigenvalue weighted by Gasteiger charge is -2.08. The molecule has 5 heteroatoms. The van der Waals surface area contributed by atoms with Crippen LogP contribution in [0.15, 0.2) is 41.5 Å². The topological polar surface area (TPSA) is 45.7 Å². The Bertz CT molecular complexity index is 480. The van der Waals surface area contributed by atoms with Crippen molar-refractivity contribution in [3.05, 3.63) is 42.0 Å². The van der Waals surface area contributed by atoms with Crippen molar-refractivity contribution in [1.29, 1.82) is 0 Å². The Morgan fingerprint density at radius 2 is 1.95 bits per heavy atom. The number of thiocarbonyl (C=S) groups is 1. The first-order valence-electron chi connectivity index (χ1n) is 5.90. The molecule has 0 fully saturated rings. The highest BCUT2D eigenvalue weighted by atomic mass is 32.1. The van der Waals surface area contributed by atoms with Crippen LogP contribution in [0.2, 0.25) is 0 Å². The van der Waals surface area contributed by atoms with Crippen molar-refractivity contribution in [1.82, 2.24) is 10.7 Å². The standard InChI is InChI=1S/C14H19N3OS/c1-10(2)9-15-14(19)17-16-11(3)12-5-7-13(18-4)8-6-12/h5-8H,1,9H2,2-4H3,(H2,15,17,19)/b16-11-. The molecule has 1 aromatic carbocycles. The zero-order valence-corrected chi connectivity index (χ0v) is 12.3. The van der Waals surface area contributed by atoms with Crippen LogP contribution in [-0.4, -0.2) is 24.5 Å². The van der Waals surface area contributed by atoms with E-state index in [1.165, 1.54) is 0 Å². The normalized spacial score (nSPS) is 10.8. The largest absolute Gasteiger partial charge is 0.497 e. The van der Waals surface area contributed by atoms with E-state index in [2.05, 4.69) is 22.4 Å². The first-order chi connectivity index (χ1) is 9.02. The maximum absolute atomic E-state index is 5.11. The predicted molar refractivity (Wildman–Crippen MR) is 83.8 cm³/mol. The molecule has 0 aromatic heterocycles. The first-order valence-corrected chi connectivity index (χ1v) is 6.30. The van der Waals surface area contributed by atoms with Gasteiger partial charge in [0.1, 0.15) is 5.75 Å². The summed E-state index contributed by atoms with van der Waals surface area (Å²) in [5.41, 5.74) is 5.67. The van der Waals surface area contributed by atoms with Crippen molar-refractivity contribution in [2.75, 3.05) is 13.7 Å². The molecule has 4 nitrogen and oxygen atoms in total. The summed E-state index contributed by atoms with van der Waals surface area (Å²) in [6.07, 6.45) is 0. The number of nitrogens with zero attached hydrogens (tertiary/aromatic N) is 1. The Morgan fingerprint density at radius 1 is 1.32 bits per heavy atom. The molecule has 0 radical (unpaired) electrons. The molecule has 1 aromatic rings. The third kappa shape index (κ3) is 5.52. The summed E-state index contributed by atoms with van der Waals surface area (Å²) >= 11 is 5.09. The molecule has 0 spiro atoms. The van der Waals surface area contributed by atoms with Crippen molar-refractivity contribution < 1.29 is 4.74 Å². The third-order valence-corrected chi connectivity index (χ3v) is 2.62. The average molecular weight is 277 g/mol. The lowest BCUT2D eigenvalue weighted by atomic mass is 10.1. The summed E-state index contributed by atoms with van der Waals surface area (Å²) in [5.74, 6) is 0.822. The van der Waals surface area contributed by atoms with Crippen LogP contribution in [0.3, 0.4) is 0 Å². The number of hydrazone groups is 1. The van der Waals surface area contributed by atoms with Crippen LogP contribution in [-0.2, 0) is 0 Å². The van der Waals surface area contributed by atoms with Crippen molar-refractivity contribution in [2.45, 2.75) is 13.8 Å². The Hall–Kier alpha value is -1.88. The molecule has 0 unspecified atom stereocenters. The molecule has 0 heterocycles. The van der Waals surface area contributed by atoms with Gasteiger partial charge in [-0.25, -0.2) is 0 Å². The number of benzene rings is 1. The van der Waals surface area contributed by atoms with Gasteiger partial charge in [-0.1, -0.05) is 12.2 Å². The molecular formula is C14H19N3OS. The van der Waals surface area contributed by atoms with Crippen molar-refractivity contribution in [2.24, 2.45) is 5.10 Å². The van der Waals surface area contributed by atoms with Crippen LogP contribution in [0, 0.1) is 0 Å². The van der Waals surface area contributed by atoms with Crippen LogP contribution >= 0.6 is 12.2 Å². The van der Waals surface area contributed by atoms with E-state index in [-0.39, 0.29) is 0 Å². The van der Waals surface area contributed by atoms with Gasteiger partial charge in [-0.2, -0.15) is 5.10 Å². The molecule has 0 aliphatic rings. The predicted octanol–water partition coefficient (Wildman–Crippen LogP) is 2.46. The van der Waals surface area contributed by atoms with Gasteiger partial charge >= 0.3 is 0 Å². The minimum atomic E-state index is 0.482. The lowest BCUT2D eigenvalue weighted by molar-refractivity contribution is 0.415. The van der Waals surface area contributed by atoms with Crippen molar-refractivity contribution >= 4 is 23.0 Å². The Kier molecular flexibility index (Phi) is 6.02. The molecule has 1 rings (SSSR count). The number of ether oxygens (including phenoxy) is 1.